The number of benzene rings is 1. The first-order valence-corrected chi connectivity index (χ1v) is 11.1. The maximum Gasteiger partial charge on any atom is 0.433 e. The SMILES string of the molecule is COc1ccc(-c2cc(C(F)(F)F)n3ncc(C(=O)NCCCn4nc(C)c(Cl)c4Cl)c3n2)cc1. The lowest BCUT2D eigenvalue weighted by Gasteiger charge is -2.12. The van der Waals surface area contributed by atoms with Gasteiger partial charge in [0.25, 0.3) is 5.91 Å². The van der Waals surface area contributed by atoms with E-state index in [2.05, 4.69) is 20.5 Å². The number of methoxy groups -OCH3 is 1. The van der Waals surface area contributed by atoms with Crippen molar-refractivity contribution in [2.45, 2.75) is 26.1 Å². The number of nitrogens with one attached hydrogen (secondary N) is 1. The van der Waals surface area contributed by atoms with Gasteiger partial charge in [0.15, 0.2) is 11.3 Å². The Bertz CT molecular complexity index is 1380. The molecule has 0 radical (unpaired) electrons. The molecule has 0 spiro atoms. The van der Waals surface area contributed by atoms with Crippen LogP contribution in [0.1, 0.15) is 28.2 Å². The molecule has 13 heteroatoms. The summed E-state index contributed by atoms with van der Waals surface area (Å²) in [6.07, 6.45) is -3.19. The molecule has 0 aliphatic rings. The van der Waals surface area contributed by atoms with Gasteiger partial charge < -0.3 is 10.1 Å². The fourth-order valence-corrected chi connectivity index (χ4v) is 3.83. The van der Waals surface area contributed by atoms with Gasteiger partial charge in [0.05, 0.1) is 24.7 Å². The van der Waals surface area contributed by atoms with Crippen LogP contribution >= 0.6 is 23.2 Å². The van der Waals surface area contributed by atoms with Crippen LogP contribution in [-0.4, -0.2) is 43.9 Å². The second-order valence-corrected chi connectivity index (χ2v) is 8.31. The van der Waals surface area contributed by atoms with E-state index in [1.165, 1.54) is 11.8 Å². The highest BCUT2D eigenvalue weighted by molar-refractivity contribution is 6.41. The summed E-state index contributed by atoms with van der Waals surface area (Å²) in [5, 5.41) is 11.3. The van der Waals surface area contributed by atoms with Crippen LogP contribution in [0.2, 0.25) is 10.2 Å². The van der Waals surface area contributed by atoms with Crippen molar-refractivity contribution in [2.75, 3.05) is 13.7 Å². The Balaban J connectivity index is 1.58. The van der Waals surface area contributed by atoms with Gasteiger partial charge in [0, 0.05) is 18.7 Å². The van der Waals surface area contributed by atoms with Crippen molar-refractivity contribution >= 4 is 34.8 Å². The van der Waals surface area contributed by atoms with Crippen LogP contribution in [0.3, 0.4) is 0 Å². The summed E-state index contributed by atoms with van der Waals surface area (Å²) in [5.74, 6) is -0.0580. The molecule has 3 aromatic heterocycles. The molecule has 0 unspecified atom stereocenters. The number of fused-ring (bicyclic) bond motifs is 1. The molecular formula is C22H19Cl2F3N6O2. The lowest BCUT2D eigenvalue weighted by molar-refractivity contribution is -0.142. The third-order valence-corrected chi connectivity index (χ3v) is 6.15. The second kappa shape index (κ2) is 9.74. The van der Waals surface area contributed by atoms with Crippen molar-refractivity contribution in [3.05, 3.63) is 63.7 Å². The highest BCUT2D eigenvalue weighted by atomic mass is 35.5. The molecule has 0 bridgehead atoms. The minimum Gasteiger partial charge on any atom is -0.497 e. The monoisotopic (exact) mass is 526 g/mol. The van der Waals surface area contributed by atoms with Crippen LogP contribution in [0.25, 0.3) is 16.9 Å². The average Bonchev–Trinajstić information content (AvgIpc) is 3.37. The Hall–Kier alpha value is -3.31. The molecule has 35 heavy (non-hydrogen) atoms. The number of alkyl halides is 3. The number of ether oxygens (including phenoxy) is 1. The molecule has 0 atom stereocenters. The first-order chi connectivity index (χ1) is 16.6. The van der Waals surface area contributed by atoms with E-state index < -0.39 is 17.8 Å². The molecule has 4 rings (SSSR count). The van der Waals surface area contributed by atoms with Crippen molar-refractivity contribution < 1.29 is 22.7 Å². The summed E-state index contributed by atoms with van der Waals surface area (Å²) in [6.45, 7) is 2.33. The average molecular weight is 527 g/mol. The number of halogens is 5. The minimum absolute atomic E-state index is 0.0441. The van der Waals surface area contributed by atoms with Crippen LogP contribution in [0.15, 0.2) is 36.5 Å². The number of hydrogen-bond acceptors (Lipinski definition) is 5. The number of carbonyl (C=O) groups excluding carboxylic acids is 1. The van der Waals surface area contributed by atoms with Crippen LogP contribution in [0, 0.1) is 6.92 Å². The molecular weight excluding hydrogens is 508 g/mol. The van der Waals surface area contributed by atoms with E-state index in [9.17, 15) is 18.0 Å². The lowest BCUT2D eigenvalue weighted by Crippen LogP contribution is -2.25. The van der Waals surface area contributed by atoms with Crippen LogP contribution in [0.4, 0.5) is 13.2 Å². The highest BCUT2D eigenvalue weighted by Gasteiger charge is 2.36. The fourth-order valence-electron chi connectivity index (χ4n) is 3.44. The zero-order valence-electron chi connectivity index (χ0n) is 18.5. The molecule has 0 aliphatic carbocycles. The Kier molecular flexibility index (Phi) is 6.91. The molecule has 1 N–H and O–H groups in total. The van der Waals surface area contributed by atoms with E-state index in [1.807, 2.05) is 0 Å². The van der Waals surface area contributed by atoms with Crippen LogP contribution < -0.4 is 10.1 Å². The molecule has 1 aromatic carbocycles. The Morgan fingerprint density at radius 1 is 1.20 bits per heavy atom. The number of rotatable bonds is 7. The predicted molar refractivity (Wildman–Crippen MR) is 124 cm³/mol. The van der Waals surface area contributed by atoms with Crippen molar-refractivity contribution in [3.8, 4) is 17.0 Å². The normalized spacial score (nSPS) is 11.7. The van der Waals surface area contributed by atoms with E-state index in [-0.39, 0.29) is 23.4 Å². The number of aryl methyl sites for hydroxylation is 2. The summed E-state index contributed by atoms with van der Waals surface area (Å²) < 4.78 is 48.6. The molecule has 184 valence electrons. The maximum atomic E-state index is 13.8. The van der Waals surface area contributed by atoms with Gasteiger partial charge in [-0.3, -0.25) is 9.48 Å². The summed E-state index contributed by atoms with van der Waals surface area (Å²) in [4.78, 5) is 17.1. The standard InChI is InChI=1S/C22H19Cl2F3N6O2/c1-12-18(23)19(24)32(31-12)9-3-8-28-21(34)15-11-29-33-17(22(25,26)27)10-16(30-20(15)33)13-4-6-14(35-2)7-5-13/h4-7,10-11H,3,8-9H2,1-2H3,(H,28,34). The van der Waals surface area contributed by atoms with E-state index in [1.54, 1.807) is 31.2 Å². The van der Waals surface area contributed by atoms with Crippen molar-refractivity contribution in [3.63, 3.8) is 0 Å². The van der Waals surface area contributed by atoms with Gasteiger partial charge in [-0.25, -0.2) is 9.50 Å². The number of aromatic nitrogens is 5. The summed E-state index contributed by atoms with van der Waals surface area (Å²) in [5.41, 5.74) is -0.277. The van der Waals surface area contributed by atoms with E-state index in [0.717, 1.165) is 12.3 Å². The topological polar surface area (TPSA) is 86.3 Å². The predicted octanol–water partition coefficient (Wildman–Crippen LogP) is 5.06. The minimum atomic E-state index is -4.72. The van der Waals surface area contributed by atoms with Crippen molar-refractivity contribution in [1.82, 2.24) is 29.7 Å². The second-order valence-electron chi connectivity index (χ2n) is 7.57. The number of carbonyl (C=O) groups is 1. The fraction of sp³-hybridized carbons (Fsp3) is 0.273. The Morgan fingerprint density at radius 2 is 1.91 bits per heavy atom. The largest absolute Gasteiger partial charge is 0.497 e. The summed E-state index contributed by atoms with van der Waals surface area (Å²) >= 11 is 12.1. The highest BCUT2D eigenvalue weighted by Crippen LogP contribution is 2.33. The molecule has 1 amide bonds. The van der Waals surface area contributed by atoms with Gasteiger partial charge in [-0.15, -0.1) is 0 Å². The van der Waals surface area contributed by atoms with Crippen molar-refractivity contribution in [1.29, 1.82) is 0 Å². The zero-order valence-corrected chi connectivity index (χ0v) is 20.0. The molecule has 4 aromatic rings. The third-order valence-electron chi connectivity index (χ3n) is 5.22. The molecule has 3 heterocycles. The first-order valence-electron chi connectivity index (χ1n) is 10.4. The van der Waals surface area contributed by atoms with Crippen LogP contribution in [0.5, 0.6) is 5.75 Å². The quantitative estimate of drug-likeness (QED) is 0.340. The number of nitrogens with zero attached hydrogens (tertiary/aromatic N) is 5. The van der Waals surface area contributed by atoms with E-state index in [0.29, 0.717) is 44.7 Å². The number of amides is 1. The lowest BCUT2D eigenvalue weighted by atomic mass is 10.1. The summed E-state index contributed by atoms with van der Waals surface area (Å²) in [7, 11) is 1.48. The molecule has 0 saturated carbocycles. The van der Waals surface area contributed by atoms with Crippen molar-refractivity contribution in [2.24, 2.45) is 0 Å². The Morgan fingerprint density at radius 3 is 2.51 bits per heavy atom. The molecule has 0 saturated heterocycles. The van der Waals surface area contributed by atoms with Gasteiger partial charge in [0.2, 0.25) is 0 Å². The van der Waals surface area contributed by atoms with E-state index in [4.69, 9.17) is 27.9 Å². The zero-order chi connectivity index (χ0) is 25.3. The van der Waals surface area contributed by atoms with Gasteiger partial charge in [0.1, 0.15) is 21.5 Å². The van der Waals surface area contributed by atoms with Gasteiger partial charge in [-0.1, -0.05) is 23.2 Å². The number of hydrogen-bond donors (Lipinski definition) is 1. The summed E-state index contributed by atoms with van der Waals surface area (Å²) in [6, 6.07) is 7.28. The molecule has 0 fully saturated rings. The molecule has 8 nitrogen and oxygen atoms in total. The smallest absolute Gasteiger partial charge is 0.433 e. The Labute approximate surface area is 207 Å². The molecule has 0 aliphatic heterocycles. The maximum absolute atomic E-state index is 13.8. The van der Waals surface area contributed by atoms with Gasteiger partial charge in [-0.2, -0.15) is 23.4 Å². The van der Waals surface area contributed by atoms with Crippen LogP contribution in [-0.2, 0) is 12.7 Å². The van der Waals surface area contributed by atoms with Gasteiger partial charge in [-0.05, 0) is 43.7 Å². The third kappa shape index (κ3) is 5.06. The first kappa shape index (κ1) is 24.8. The van der Waals surface area contributed by atoms with Gasteiger partial charge >= 0.3 is 6.18 Å². The van der Waals surface area contributed by atoms with E-state index >= 15 is 0 Å².